The van der Waals surface area contributed by atoms with E-state index in [-0.39, 0.29) is 10.8 Å². The van der Waals surface area contributed by atoms with E-state index in [1.807, 2.05) is 0 Å². The van der Waals surface area contributed by atoms with Gasteiger partial charge in [0.25, 0.3) is 11.8 Å². The lowest BCUT2D eigenvalue weighted by atomic mass is 10.1. The Morgan fingerprint density at radius 1 is 0.974 bits per heavy atom. The summed E-state index contributed by atoms with van der Waals surface area (Å²) in [5.74, 6) is -5.90. The molecule has 1 aliphatic heterocycles. The molecule has 0 radical (unpaired) electrons. The number of carbonyl (C=O) groups excluding carboxylic acids is 2. The number of para-hydroxylation sites is 1. The van der Waals surface area contributed by atoms with Crippen molar-refractivity contribution < 1.29 is 31.9 Å². The van der Waals surface area contributed by atoms with E-state index in [9.17, 15) is 27.2 Å². The Balaban J connectivity index is 1.48. The van der Waals surface area contributed by atoms with Crippen LogP contribution in [0, 0.1) is 23.3 Å². The third-order valence-electron chi connectivity index (χ3n) is 5.39. The number of carbonyl (C=O) groups is 2. The molecule has 1 aromatic heterocycles. The average Bonchev–Trinajstić information content (AvgIpc) is 3.58. The molecule has 0 fully saturated rings. The minimum Gasteiger partial charge on any atom is -0.483 e. The van der Waals surface area contributed by atoms with Crippen LogP contribution in [-0.2, 0) is 4.79 Å². The molecule has 1 aliphatic rings. The number of rotatable bonds is 7. The number of ether oxygens (including phenoxy) is 1. The molecule has 2 heterocycles. The van der Waals surface area contributed by atoms with Crippen LogP contribution in [0.5, 0.6) is 5.75 Å². The molecule has 1 unspecified atom stereocenters. The van der Waals surface area contributed by atoms with E-state index < -0.39 is 52.6 Å². The predicted molar refractivity (Wildman–Crippen MR) is 138 cm³/mol. The van der Waals surface area contributed by atoms with Gasteiger partial charge in [-0.15, -0.1) is 11.3 Å². The summed E-state index contributed by atoms with van der Waals surface area (Å²) in [6.07, 6.45) is 1.53. The number of aromatic nitrogens is 1. The van der Waals surface area contributed by atoms with Gasteiger partial charge in [0.2, 0.25) is 0 Å². The van der Waals surface area contributed by atoms with Crippen LogP contribution in [0.1, 0.15) is 26.9 Å². The molecule has 198 valence electrons. The van der Waals surface area contributed by atoms with Crippen LogP contribution in [0.2, 0.25) is 0 Å². The van der Waals surface area contributed by atoms with Crippen molar-refractivity contribution in [2.45, 2.75) is 5.37 Å². The van der Waals surface area contributed by atoms with Gasteiger partial charge in [-0.1, -0.05) is 30.0 Å². The zero-order valence-corrected chi connectivity index (χ0v) is 21.2. The number of hydrazone groups is 1. The highest BCUT2D eigenvalue weighted by atomic mass is 32.2. The van der Waals surface area contributed by atoms with Gasteiger partial charge in [0.1, 0.15) is 45.0 Å². The number of thioether (sulfide) groups is 1. The summed E-state index contributed by atoms with van der Waals surface area (Å²) in [7, 11) is 0. The number of thiazole rings is 1. The first kappa shape index (κ1) is 26.4. The van der Waals surface area contributed by atoms with Crippen molar-refractivity contribution in [2.75, 3.05) is 11.9 Å². The summed E-state index contributed by atoms with van der Waals surface area (Å²) in [6, 6.07) is 12.5. The minimum absolute atomic E-state index is 0.206. The van der Waals surface area contributed by atoms with Gasteiger partial charge in [-0.25, -0.2) is 27.6 Å². The van der Waals surface area contributed by atoms with Crippen molar-refractivity contribution in [3.05, 3.63) is 112 Å². The lowest BCUT2D eigenvalue weighted by Gasteiger charge is -2.23. The first-order valence-corrected chi connectivity index (χ1v) is 13.0. The van der Waals surface area contributed by atoms with Crippen molar-refractivity contribution in [3.8, 4) is 5.75 Å². The molecule has 2 amide bonds. The maximum atomic E-state index is 14.6. The molecular formula is C26H16F4N4O3S2. The number of anilines is 1. The third-order valence-corrected chi connectivity index (χ3v) is 7.29. The van der Waals surface area contributed by atoms with Gasteiger partial charge in [0.15, 0.2) is 11.7 Å². The highest BCUT2D eigenvalue weighted by Crippen LogP contribution is 2.45. The molecule has 39 heavy (non-hydrogen) atoms. The van der Waals surface area contributed by atoms with Crippen molar-refractivity contribution >= 4 is 45.1 Å². The minimum atomic E-state index is -1.39. The molecular weight excluding hydrogens is 556 g/mol. The molecule has 0 bridgehead atoms. The number of nitrogens with zero attached hydrogens (tertiary/aromatic N) is 3. The summed E-state index contributed by atoms with van der Waals surface area (Å²) in [5, 5.41) is 9.06. The second kappa shape index (κ2) is 11.3. The fraction of sp³-hybridized carbons (Fsp3) is 0.0769. The lowest BCUT2D eigenvalue weighted by molar-refractivity contribution is -0.118. The Labute approximate surface area is 227 Å². The number of amides is 2. The van der Waals surface area contributed by atoms with Gasteiger partial charge < -0.3 is 4.74 Å². The van der Waals surface area contributed by atoms with E-state index in [1.54, 1.807) is 29.6 Å². The first-order chi connectivity index (χ1) is 18.8. The number of benzene rings is 3. The first-order valence-electron chi connectivity index (χ1n) is 11.2. The van der Waals surface area contributed by atoms with Gasteiger partial charge in [-0.2, -0.15) is 5.10 Å². The average molecular weight is 573 g/mol. The van der Waals surface area contributed by atoms with Gasteiger partial charge in [0.05, 0.1) is 0 Å². The summed E-state index contributed by atoms with van der Waals surface area (Å²) >= 11 is 2.28. The van der Waals surface area contributed by atoms with E-state index >= 15 is 0 Å². The monoisotopic (exact) mass is 572 g/mol. The van der Waals surface area contributed by atoms with Crippen LogP contribution in [0.15, 0.2) is 77.3 Å². The number of hydrogen-bond donors (Lipinski definition) is 1. The lowest BCUT2D eigenvalue weighted by Crippen LogP contribution is -2.28. The van der Waals surface area contributed by atoms with Crippen LogP contribution >= 0.6 is 23.1 Å². The predicted octanol–water partition coefficient (Wildman–Crippen LogP) is 5.97. The van der Waals surface area contributed by atoms with Crippen LogP contribution in [0.4, 0.5) is 22.7 Å². The Hall–Kier alpha value is -4.23. The molecule has 0 saturated heterocycles. The topological polar surface area (TPSA) is 83.9 Å². The SMILES string of the molecule is O=C(COc1ccccc1C1SC(c2ccc(F)cc2)=NN1C(=O)c1c(F)cc(F)cc1F)Nc1nccs1. The van der Waals surface area contributed by atoms with E-state index in [0.29, 0.717) is 28.4 Å². The van der Waals surface area contributed by atoms with Crippen LogP contribution in [0.25, 0.3) is 0 Å². The molecule has 4 aromatic rings. The van der Waals surface area contributed by atoms with E-state index in [4.69, 9.17) is 4.74 Å². The van der Waals surface area contributed by atoms with Crippen LogP contribution in [0.3, 0.4) is 0 Å². The summed E-state index contributed by atoms with van der Waals surface area (Å²) in [5.41, 5.74) is -0.183. The largest absolute Gasteiger partial charge is 0.483 e. The van der Waals surface area contributed by atoms with Crippen LogP contribution in [-0.4, -0.2) is 33.5 Å². The van der Waals surface area contributed by atoms with Crippen molar-refractivity contribution in [1.29, 1.82) is 0 Å². The van der Waals surface area contributed by atoms with Gasteiger partial charge in [0, 0.05) is 34.8 Å². The highest BCUT2D eigenvalue weighted by molar-refractivity contribution is 8.14. The van der Waals surface area contributed by atoms with E-state index in [0.717, 1.165) is 16.8 Å². The molecule has 3 aromatic carbocycles. The molecule has 0 aliphatic carbocycles. The van der Waals surface area contributed by atoms with Crippen molar-refractivity contribution in [2.24, 2.45) is 5.10 Å². The summed E-state index contributed by atoms with van der Waals surface area (Å²) in [4.78, 5) is 29.7. The molecule has 7 nitrogen and oxygen atoms in total. The van der Waals surface area contributed by atoms with Crippen LogP contribution < -0.4 is 10.1 Å². The van der Waals surface area contributed by atoms with Crippen molar-refractivity contribution in [1.82, 2.24) is 9.99 Å². The maximum Gasteiger partial charge on any atom is 0.281 e. The zero-order valence-electron chi connectivity index (χ0n) is 19.6. The quantitative estimate of drug-likeness (QED) is 0.276. The molecule has 0 spiro atoms. The highest BCUT2D eigenvalue weighted by Gasteiger charge is 2.38. The van der Waals surface area contributed by atoms with E-state index in [2.05, 4.69) is 15.4 Å². The smallest absolute Gasteiger partial charge is 0.281 e. The second-order valence-corrected chi connectivity index (χ2v) is 9.95. The van der Waals surface area contributed by atoms with Gasteiger partial charge in [-0.05, 0) is 30.3 Å². The fourth-order valence-corrected chi connectivity index (χ4v) is 5.38. The molecule has 5 rings (SSSR count). The van der Waals surface area contributed by atoms with Gasteiger partial charge >= 0.3 is 0 Å². The fourth-order valence-electron chi connectivity index (χ4n) is 3.66. The number of halogens is 4. The Bertz CT molecular complexity index is 1540. The number of hydrogen-bond acceptors (Lipinski definition) is 7. The number of nitrogens with one attached hydrogen (secondary N) is 1. The summed E-state index contributed by atoms with van der Waals surface area (Å²) in [6.45, 7) is -0.394. The summed E-state index contributed by atoms with van der Waals surface area (Å²) < 4.78 is 61.9. The van der Waals surface area contributed by atoms with Crippen molar-refractivity contribution in [3.63, 3.8) is 0 Å². The zero-order chi connectivity index (χ0) is 27.5. The second-order valence-electron chi connectivity index (χ2n) is 7.99. The normalized spacial score (nSPS) is 14.7. The van der Waals surface area contributed by atoms with Gasteiger partial charge in [-0.3, -0.25) is 14.9 Å². The molecule has 13 heteroatoms. The third kappa shape index (κ3) is 5.78. The van der Waals surface area contributed by atoms with E-state index in [1.165, 1.54) is 41.8 Å². The molecule has 1 N–H and O–H groups in total. The molecule has 0 saturated carbocycles. The Kier molecular flexibility index (Phi) is 7.61. The standard InChI is InChI=1S/C26H16F4N4O3S2/c27-15-7-5-14(6-8-15)23-33-34(24(36)22-18(29)11-16(28)12-19(22)30)25(39-23)17-3-1-2-4-20(17)37-13-21(35)32-26-31-9-10-38-26/h1-12,25H,13H2,(H,31,32,35). The Morgan fingerprint density at radius 3 is 2.38 bits per heavy atom. The molecule has 1 atom stereocenters. The Morgan fingerprint density at radius 2 is 1.69 bits per heavy atom. The maximum absolute atomic E-state index is 14.6.